The van der Waals surface area contributed by atoms with Crippen molar-refractivity contribution < 1.29 is 33.0 Å². The van der Waals surface area contributed by atoms with Crippen molar-refractivity contribution in [2.75, 3.05) is 19.8 Å². The van der Waals surface area contributed by atoms with E-state index in [1.807, 2.05) is 0 Å². The summed E-state index contributed by atoms with van der Waals surface area (Å²) in [4.78, 5) is 25.2. The van der Waals surface area contributed by atoms with Crippen molar-refractivity contribution in [1.29, 1.82) is 0 Å². The zero-order valence-corrected chi connectivity index (χ0v) is 17.9. The number of alkyl halides is 2. The normalized spacial score (nSPS) is 13.5. The lowest BCUT2D eigenvalue weighted by atomic mass is 10.1. The number of benzene rings is 2. The smallest absolute Gasteiger partial charge is 0.387 e. The van der Waals surface area contributed by atoms with Gasteiger partial charge in [-0.2, -0.15) is 8.78 Å². The quantitative estimate of drug-likeness (QED) is 0.422. The second-order valence-corrected chi connectivity index (χ2v) is 7.54. The van der Waals surface area contributed by atoms with Crippen LogP contribution in [0.1, 0.15) is 35.2 Å². The average molecular weight is 460 g/mol. The molecule has 0 saturated heterocycles. The molecule has 7 nitrogen and oxygen atoms in total. The molecule has 1 aliphatic carbocycles. The van der Waals surface area contributed by atoms with Crippen LogP contribution < -0.4 is 20.1 Å². The van der Waals surface area contributed by atoms with Gasteiger partial charge in [0.25, 0.3) is 11.8 Å². The predicted octanol–water partition coefficient (Wildman–Crippen LogP) is 3.35. The molecule has 0 unspecified atom stereocenters. The van der Waals surface area contributed by atoms with E-state index in [2.05, 4.69) is 15.4 Å². The lowest BCUT2D eigenvalue weighted by Gasteiger charge is -2.12. The first-order valence-electron chi connectivity index (χ1n) is 10.6. The summed E-state index contributed by atoms with van der Waals surface area (Å²) in [5.41, 5.74) is 0.734. The van der Waals surface area contributed by atoms with E-state index < -0.39 is 18.4 Å². The molecule has 0 spiro atoms. The first-order valence-corrected chi connectivity index (χ1v) is 10.6. The standard InChI is InChI=1S/C24H26F2N2O5/c25-24(26)33-20-7-3-17(4-8-20)15-21(23(31)27-12-13-29)28-22(30)18-5-9-19(10-6-18)32-14-11-16-1-2-16/h3-10,15-16,24,29H,1-2,11-14H2,(H,27,31)(H,28,30)/b21-15+. The number of hydrogen-bond acceptors (Lipinski definition) is 5. The van der Waals surface area contributed by atoms with E-state index in [-0.39, 0.29) is 24.6 Å². The Bertz CT molecular complexity index is 958. The highest BCUT2D eigenvalue weighted by atomic mass is 19.3. The summed E-state index contributed by atoms with van der Waals surface area (Å²) in [6.45, 7) is -2.58. The van der Waals surface area contributed by atoms with Crippen LogP contribution in [0.2, 0.25) is 0 Å². The number of halogens is 2. The first kappa shape index (κ1) is 24.2. The van der Waals surface area contributed by atoms with Gasteiger partial charge in [0.05, 0.1) is 13.2 Å². The molecule has 0 bridgehead atoms. The van der Waals surface area contributed by atoms with Crippen LogP contribution in [0.25, 0.3) is 6.08 Å². The summed E-state index contributed by atoms with van der Waals surface area (Å²) in [6.07, 6.45) is 4.94. The van der Waals surface area contributed by atoms with E-state index >= 15 is 0 Å². The Morgan fingerprint density at radius 3 is 2.33 bits per heavy atom. The van der Waals surface area contributed by atoms with Gasteiger partial charge in [-0.05, 0) is 60.4 Å². The van der Waals surface area contributed by atoms with Gasteiger partial charge in [-0.1, -0.05) is 25.0 Å². The molecule has 1 fully saturated rings. The second-order valence-electron chi connectivity index (χ2n) is 7.54. The molecule has 2 aromatic rings. The maximum absolute atomic E-state index is 12.7. The number of ether oxygens (including phenoxy) is 2. The van der Waals surface area contributed by atoms with Crippen LogP contribution in [-0.2, 0) is 4.79 Å². The van der Waals surface area contributed by atoms with Crippen LogP contribution in [-0.4, -0.2) is 43.3 Å². The van der Waals surface area contributed by atoms with Gasteiger partial charge in [0.1, 0.15) is 17.2 Å². The van der Waals surface area contributed by atoms with E-state index in [0.29, 0.717) is 23.5 Å². The van der Waals surface area contributed by atoms with Crippen molar-refractivity contribution in [3.63, 3.8) is 0 Å². The fourth-order valence-electron chi connectivity index (χ4n) is 2.98. The number of rotatable bonds is 12. The van der Waals surface area contributed by atoms with Crippen LogP contribution >= 0.6 is 0 Å². The van der Waals surface area contributed by atoms with Crippen LogP contribution in [0.15, 0.2) is 54.2 Å². The molecule has 33 heavy (non-hydrogen) atoms. The zero-order valence-electron chi connectivity index (χ0n) is 17.9. The predicted molar refractivity (Wildman–Crippen MR) is 118 cm³/mol. The monoisotopic (exact) mass is 460 g/mol. The van der Waals surface area contributed by atoms with E-state index in [9.17, 15) is 18.4 Å². The van der Waals surface area contributed by atoms with Crippen LogP contribution in [0, 0.1) is 5.92 Å². The molecule has 3 rings (SSSR count). The molecule has 2 amide bonds. The molecule has 0 heterocycles. The van der Waals surface area contributed by atoms with Gasteiger partial charge in [0.2, 0.25) is 0 Å². The number of carbonyl (C=O) groups is 2. The molecule has 176 valence electrons. The number of amides is 2. The molecule has 0 aromatic heterocycles. The Kier molecular flexibility index (Phi) is 8.77. The number of hydrogen-bond donors (Lipinski definition) is 3. The molecule has 0 radical (unpaired) electrons. The highest BCUT2D eigenvalue weighted by Gasteiger charge is 2.20. The Morgan fingerprint density at radius 1 is 1.06 bits per heavy atom. The molecule has 1 saturated carbocycles. The van der Waals surface area contributed by atoms with Crippen LogP contribution in [0.4, 0.5) is 8.78 Å². The third kappa shape index (κ3) is 8.19. The summed E-state index contributed by atoms with van der Waals surface area (Å²) in [6, 6.07) is 12.2. The molecule has 3 N–H and O–H groups in total. The number of nitrogens with one attached hydrogen (secondary N) is 2. The Morgan fingerprint density at radius 2 is 1.73 bits per heavy atom. The average Bonchev–Trinajstić information content (AvgIpc) is 3.62. The molecule has 2 aromatic carbocycles. The molecule has 0 atom stereocenters. The first-order chi connectivity index (χ1) is 15.9. The van der Waals surface area contributed by atoms with E-state index in [1.54, 1.807) is 24.3 Å². The van der Waals surface area contributed by atoms with Crippen LogP contribution in [0.5, 0.6) is 11.5 Å². The minimum absolute atomic E-state index is 0.000102. The fourth-order valence-corrected chi connectivity index (χ4v) is 2.98. The topological polar surface area (TPSA) is 96.9 Å². The minimum atomic E-state index is -2.94. The summed E-state index contributed by atoms with van der Waals surface area (Å²) < 4.78 is 34.6. The van der Waals surface area contributed by atoms with Gasteiger partial charge in [0, 0.05) is 12.1 Å². The van der Waals surface area contributed by atoms with Gasteiger partial charge in [-0.15, -0.1) is 0 Å². The van der Waals surface area contributed by atoms with Crippen LogP contribution in [0.3, 0.4) is 0 Å². The van der Waals surface area contributed by atoms with Crippen molar-refractivity contribution >= 4 is 17.9 Å². The molecule has 0 aliphatic heterocycles. The number of carbonyl (C=O) groups excluding carboxylic acids is 2. The highest BCUT2D eigenvalue weighted by molar-refractivity contribution is 6.05. The lowest BCUT2D eigenvalue weighted by molar-refractivity contribution is -0.117. The maximum Gasteiger partial charge on any atom is 0.387 e. The lowest BCUT2D eigenvalue weighted by Crippen LogP contribution is -2.36. The highest BCUT2D eigenvalue weighted by Crippen LogP contribution is 2.32. The number of aliphatic hydroxyl groups is 1. The van der Waals surface area contributed by atoms with E-state index in [1.165, 1.54) is 43.2 Å². The fraction of sp³-hybridized carbons (Fsp3) is 0.333. The SMILES string of the molecule is O=C(NCCO)/C(=C\c1ccc(OC(F)F)cc1)NC(=O)c1ccc(OCCC2CC2)cc1. The van der Waals surface area contributed by atoms with Crippen molar-refractivity contribution in [1.82, 2.24) is 10.6 Å². The maximum atomic E-state index is 12.7. The van der Waals surface area contributed by atoms with E-state index in [4.69, 9.17) is 9.84 Å². The van der Waals surface area contributed by atoms with Gasteiger partial charge in [0.15, 0.2) is 0 Å². The molecule has 9 heteroatoms. The second kappa shape index (κ2) is 12.0. The molecular weight excluding hydrogens is 434 g/mol. The Balaban J connectivity index is 1.67. The Labute approximate surface area is 190 Å². The van der Waals surface area contributed by atoms with Crippen molar-refractivity contribution in [3.05, 3.63) is 65.4 Å². The third-order valence-corrected chi connectivity index (χ3v) is 4.91. The zero-order chi connectivity index (χ0) is 23.6. The summed E-state index contributed by atoms with van der Waals surface area (Å²) in [5, 5.41) is 14.0. The van der Waals surface area contributed by atoms with Gasteiger partial charge < -0.3 is 25.2 Å². The Hall–Kier alpha value is -3.46. The third-order valence-electron chi connectivity index (χ3n) is 4.91. The van der Waals surface area contributed by atoms with Crippen molar-refractivity contribution in [2.45, 2.75) is 25.9 Å². The van der Waals surface area contributed by atoms with Gasteiger partial charge >= 0.3 is 6.61 Å². The molecular formula is C24H26F2N2O5. The number of aliphatic hydroxyl groups excluding tert-OH is 1. The van der Waals surface area contributed by atoms with Crippen molar-refractivity contribution in [3.8, 4) is 11.5 Å². The van der Waals surface area contributed by atoms with Gasteiger partial charge in [-0.3, -0.25) is 9.59 Å². The largest absolute Gasteiger partial charge is 0.494 e. The van der Waals surface area contributed by atoms with Gasteiger partial charge in [-0.25, -0.2) is 0 Å². The molecule has 1 aliphatic rings. The minimum Gasteiger partial charge on any atom is -0.494 e. The summed E-state index contributed by atoms with van der Waals surface area (Å²) in [5.74, 6) is 0.282. The van der Waals surface area contributed by atoms with E-state index in [0.717, 1.165) is 12.3 Å². The van der Waals surface area contributed by atoms with Crippen molar-refractivity contribution in [2.24, 2.45) is 5.92 Å². The summed E-state index contributed by atoms with van der Waals surface area (Å²) >= 11 is 0. The summed E-state index contributed by atoms with van der Waals surface area (Å²) in [7, 11) is 0.